The van der Waals surface area contributed by atoms with Gasteiger partial charge in [-0.2, -0.15) is 0 Å². The van der Waals surface area contributed by atoms with E-state index in [1.165, 1.54) is 5.56 Å². The molecule has 1 N–H and O–H groups in total. The summed E-state index contributed by atoms with van der Waals surface area (Å²) in [6.45, 7) is 4.43. The molecule has 2 rings (SSSR count). The number of hydrogen-bond acceptors (Lipinski definition) is 1. The van der Waals surface area contributed by atoms with Gasteiger partial charge in [0.2, 0.25) is 0 Å². The standard InChI is InChI=1S/C13H17Cl2N/c1-3-12-10(7-8(2)16-12)9-5-4-6-11(14)13(9)15/h4-6,8,10,12,16H,3,7H2,1-2H3. The summed E-state index contributed by atoms with van der Waals surface area (Å²) in [7, 11) is 0. The molecule has 3 atom stereocenters. The van der Waals surface area contributed by atoms with Crippen LogP contribution >= 0.6 is 23.2 Å². The molecule has 88 valence electrons. The van der Waals surface area contributed by atoms with E-state index in [0.29, 0.717) is 23.0 Å². The van der Waals surface area contributed by atoms with Gasteiger partial charge in [-0.15, -0.1) is 0 Å². The molecule has 0 saturated carbocycles. The second kappa shape index (κ2) is 4.95. The van der Waals surface area contributed by atoms with Crippen molar-refractivity contribution in [1.82, 2.24) is 5.32 Å². The molecule has 16 heavy (non-hydrogen) atoms. The summed E-state index contributed by atoms with van der Waals surface area (Å²) < 4.78 is 0. The van der Waals surface area contributed by atoms with E-state index in [9.17, 15) is 0 Å². The average molecular weight is 258 g/mol. The fourth-order valence-electron chi connectivity index (χ4n) is 2.65. The third kappa shape index (κ3) is 2.22. The quantitative estimate of drug-likeness (QED) is 0.836. The van der Waals surface area contributed by atoms with E-state index in [2.05, 4.69) is 25.2 Å². The van der Waals surface area contributed by atoms with E-state index >= 15 is 0 Å². The Morgan fingerprint density at radius 1 is 1.38 bits per heavy atom. The highest BCUT2D eigenvalue weighted by molar-refractivity contribution is 6.42. The van der Waals surface area contributed by atoms with Gasteiger partial charge >= 0.3 is 0 Å². The lowest BCUT2D eigenvalue weighted by Gasteiger charge is -2.19. The summed E-state index contributed by atoms with van der Waals surface area (Å²) in [6, 6.07) is 7.01. The van der Waals surface area contributed by atoms with Crippen molar-refractivity contribution in [2.24, 2.45) is 0 Å². The van der Waals surface area contributed by atoms with Crippen molar-refractivity contribution in [2.75, 3.05) is 0 Å². The molecule has 0 bridgehead atoms. The third-order valence-corrected chi connectivity index (χ3v) is 4.25. The Hall–Kier alpha value is -0.240. The second-order valence-corrected chi connectivity index (χ2v) is 5.35. The van der Waals surface area contributed by atoms with Crippen LogP contribution in [-0.2, 0) is 0 Å². The van der Waals surface area contributed by atoms with Gasteiger partial charge in [-0.05, 0) is 31.4 Å². The Morgan fingerprint density at radius 3 is 2.81 bits per heavy atom. The molecule has 0 amide bonds. The molecule has 1 fully saturated rings. The van der Waals surface area contributed by atoms with Gasteiger partial charge < -0.3 is 5.32 Å². The van der Waals surface area contributed by atoms with Crippen LogP contribution in [0.4, 0.5) is 0 Å². The first-order chi connectivity index (χ1) is 7.63. The molecular formula is C13H17Cl2N. The molecular weight excluding hydrogens is 241 g/mol. The van der Waals surface area contributed by atoms with Crippen molar-refractivity contribution in [3.05, 3.63) is 33.8 Å². The molecule has 1 nitrogen and oxygen atoms in total. The zero-order valence-electron chi connectivity index (χ0n) is 9.63. The molecule has 0 radical (unpaired) electrons. The third-order valence-electron chi connectivity index (χ3n) is 3.41. The lowest BCUT2D eigenvalue weighted by Crippen LogP contribution is -2.28. The van der Waals surface area contributed by atoms with Gasteiger partial charge in [-0.1, -0.05) is 42.3 Å². The van der Waals surface area contributed by atoms with Gasteiger partial charge in [0.25, 0.3) is 0 Å². The van der Waals surface area contributed by atoms with Gasteiger partial charge in [0.1, 0.15) is 0 Å². The van der Waals surface area contributed by atoms with Gasteiger partial charge in [-0.3, -0.25) is 0 Å². The summed E-state index contributed by atoms with van der Waals surface area (Å²) >= 11 is 12.4. The second-order valence-electron chi connectivity index (χ2n) is 4.57. The molecule has 1 aliphatic heterocycles. The number of rotatable bonds is 2. The number of halogens is 2. The fraction of sp³-hybridized carbons (Fsp3) is 0.538. The molecule has 1 saturated heterocycles. The minimum atomic E-state index is 0.492. The van der Waals surface area contributed by atoms with E-state index in [4.69, 9.17) is 23.2 Å². The maximum Gasteiger partial charge on any atom is 0.0627 e. The molecule has 3 unspecified atom stereocenters. The van der Waals surface area contributed by atoms with Crippen molar-refractivity contribution >= 4 is 23.2 Å². The topological polar surface area (TPSA) is 12.0 Å². The Kier molecular flexibility index (Phi) is 3.78. The predicted molar refractivity (Wildman–Crippen MR) is 70.5 cm³/mol. The summed E-state index contributed by atoms with van der Waals surface area (Å²) in [6.07, 6.45) is 2.26. The summed E-state index contributed by atoms with van der Waals surface area (Å²) in [5, 5.41) is 4.98. The van der Waals surface area contributed by atoms with E-state index in [-0.39, 0.29) is 0 Å². The molecule has 1 aromatic carbocycles. The van der Waals surface area contributed by atoms with Crippen LogP contribution in [0.15, 0.2) is 18.2 Å². The average Bonchev–Trinajstić information content (AvgIpc) is 2.63. The van der Waals surface area contributed by atoms with Gasteiger partial charge in [0.05, 0.1) is 10.0 Å². The number of hydrogen-bond donors (Lipinski definition) is 1. The first-order valence-corrected chi connectivity index (χ1v) is 6.59. The Balaban J connectivity index is 2.33. The zero-order chi connectivity index (χ0) is 11.7. The van der Waals surface area contributed by atoms with E-state index in [0.717, 1.165) is 17.9 Å². The van der Waals surface area contributed by atoms with Crippen molar-refractivity contribution in [3.8, 4) is 0 Å². The highest BCUT2D eigenvalue weighted by Gasteiger charge is 2.32. The van der Waals surface area contributed by atoms with Gasteiger partial charge in [-0.25, -0.2) is 0 Å². The van der Waals surface area contributed by atoms with Crippen LogP contribution in [0.25, 0.3) is 0 Å². The molecule has 0 aromatic heterocycles. The molecule has 3 heteroatoms. The fourth-order valence-corrected chi connectivity index (χ4v) is 3.10. The Bertz CT molecular complexity index is 378. The highest BCUT2D eigenvalue weighted by atomic mass is 35.5. The Labute approximate surface area is 107 Å². The zero-order valence-corrected chi connectivity index (χ0v) is 11.1. The minimum Gasteiger partial charge on any atom is -0.311 e. The molecule has 1 heterocycles. The van der Waals surface area contributed by atoms with Crippen LogP contribution < -0.4 is 5.32 Å². The molecule has 0 spiro atoms. The Morgan fingerprint density at radius 2 is 2.12 bits per heavy atom. The maximum absolute atomic E-state index is 6.28. The highest BCUT2D eigenvalue weighted by Crippen LogP contribution is 2.38. The first kappa shape index (κ1) is 12.2. The predicted octanol–water partition coefficient (Wildman–Crippen LogP) is 4.24. The molecule has 1 aromatic rings. The monoisotopic (exact) mass is 257 g/mol. The number of benzene rings is 1. The SMILES string of the molecule is CCC1NC(C)CC1c1cccc(Cl)c1Cl. The first-order valence-electron chi connectivity index (χ1n) is 5.83. The van der Waals surface area contributed by atoms with Crippen LogP contribution in [0.5, 0.6) is 0 Å². The molecule has 1 aliphatic rings. The van der Waals surface area contributed by atoms with E-state index < -0.39 is 0 Å². The van der Waals surface area contributed by atoms with Crippen molar-refractivity contribution in [2.45, 2.75) is 44.7 Å². The van der Waals surface area contributed by atoms with Gasteiger partial charge in [0, 0.05) is 18.0 Å². The summed E-state index contributed by atoms with van der Waals surface area (Å²) in [5.74, 6) is 0.492. The van der Waals surface area contributed by atoms with E-state index in [1.54, 1.807) is 0 Å². The summed E-state index contributed by atoms with van der Waals surface area (Å²) in [4.78, 5) is 0. The maximum atomic E-state index is 6.28. The van der Waals surface area contributed by atoms with E-state index in [1.807, 2.05) is 12.1 Å². The van der Waals surface area contributed by atoms with Crippen molar-refractivity contribution < 1.29 is 0 Å². The van der Waals surface area contributed by atoms with Crippen LogP contribution in [0.2, 0.25) is 10.0 Å². The van der Waals surface area contributed by atoms with Crippen LogP contribution in [0.1, 0.15) is 38.2 Å². The van der Waals surface area contributed by atoms with Crippen molar-refractivity contribution in [1.29, 1.82) is 0 Å². The largest absolute Gasteiger partial charge is 0.311 e. The molecule has 0 aliphatic carbocycles. The lowest BCUT2D eigenvalue weighted by atomic mass is 9.90. The normalized spacial score (nSPS) is 29.6. The smallest absolute Gasteiger partial charge is 0.0627 e. The lowest BCUT2D eigenvalue weighted by molar-refractivity contribution is 0.517. The van der Waals surface area contributed by atoms with Gasteiger partial charge in [0.15, 0.2) is 0 Å². The summed E-state index contributed by atoms with van der Waals surface area (Å²) in [5.41, 5.74) is 1.19. The minimum absolute atomic E-state index is 0.492. The number of nitrogens with one attached hydrogen (secondary N) is 1. The van der Waals surface area contributed by atoms with Crippen LogP contribution in [0.3, 0.4) is 0 Å². The van der Waals surface area contributed by atoms with Crippen molar-refractivity contribution in [3.63, 3.8) is 0 Å². The van der Waals surface area contributed by atoms with Crippen LogP contribution in [-0.4, -0.2) is 12.1 Å². The van der Waals surface area contributed by atoms with Crippen LogP contribution in [0, 0.1) is 0 Å².